The molecular formula is C13H16N4O. The lowest BCUT2D eigenvalue weighted by Crippen LogP contribution is -2.19. The zero-order valence-electron chi connectivity index (χ0n) is 10.7. The molecule has 2 aromatic rings. The van der Waals surface area contributed by atoms with E-state index in [4.69, 9.17) is 0 Å². The molecule has 0 aliphatic heterocycles. The first-order chi connectivity index (χ1) is 8.58. The van der Waals surface area contributed by atoms with Crippen molar-refractivity contribution < 1.29 is 4.79 Å². The van der Waals surface area contributed by atoms with Gasteiger partial charge >= 0.3 is 0 Å². The topological polar surface area (TPSA) is 59.8 Å². The summed E-state index contributed by atoms with van der Waals surface area (Å²) in [6.45, 7) is 3.71. The van der Waals surface area contributed by atoms with Crippen molar-refractivity contribution in [3.63, 3.8) is 0 Å². The molecule has 0 atom stereocenters. The van der Waals surface area contributed by atoms with E-state index in [9.17, 15) is 4.79 Å². The highest BCUT2D eigenvalue weighted by atomic mass is 16.1. The van der Waals surface area contributed by atoms with E-state index in [1.54, 1.807) is 24.1 Å². The number of carbonyl (C=O) groups excluding carboxylic acids is 1. The highest BCUT2D eigenvalue weighted by Crippen LogP contribution is 2.20. The van der Waals surface area contributed by atoms with E-state index in [0.717, 1.165) is 11.3 Å². The Labute approximate surface area is 106 Å². The summed E-state index contributed by atoms with van der Waals surface area (Å²) in [5, 5.41) is 7.21. The summed E-state index contributed by atoms with van der Waals surface area (Å²) in [5.74, 6) is 0.629. The van der Waals surface area contributed by atoms with Gasteiger partial charge in [-0.1, -0.05) is 13.8 Å². The Bertz CT molecular complexity index is 545. The Morgan fingerprint density at radius 2 is 2.00 bits per heavy atom. The molecule has 0 bridgehead atoms. The number of nitrogens with zero attached hydrogens (tertiary/aromatic N) is 3. The van der Waals surface area contributed by atoms with Crippen molar-refractivity contribution in [3.8, 4) is 11.3 Å². The smallest absolute Gasteiger partial charge is 0.228 e. The quantitative estimate of drug-likeness (QED) is 0.899. The van der Waals surface area contributed by atoms with Crippen LogP contribution in [-0.4, -0.2) is 20.7 Å². The third-order valence-electron chi connectivity index (χ3n) is 2.63. The molecule has 1 amide bonds. The van der Waals surface area contributed by atoms with Crippen molar-refractivity contribution in [2.75, 3.05) is 5.32 Å². The Balaban J connectivity index is 2.25. The van der Waals surface area contributed by atoms with Crippen LogP contribution >= 0.6 is 0 Å². The van der Waals surface area contributed by atoms with Crippen LogP contribution in [0.4, 0.5) is 5.82 Å². The van der Waals surface area contributed by atoms with E-state index in [1.165, 1.54) is 0 Å². The lowest BCUT2D eigenvalue weighted by Gasteiger charge is -2.06. The van der Waals surface area contributed by atoms with Crippen LogP contribution in [0.2, 0.25) is 0 Å². The largest absolute Gasteiger partial charge is 0.311 e. The second-order valence-electron chi connectivity index (χ2n) is 4.42. The van der Waals surface area contributed by atoms with E-state index in [0.29, 0.717) is 5.82 Å². The van der Waals surface area contributed by atoms with Gasteiger partial charge in [0.2, 0.25) is 5.91 Å². The SMILES string of the molecule is CC(C)C(=O)Nc1cc(-c2ccncc2)nn1C. The third-order valence-corrected chi connectivity index (χ3v) is 2.63. The molecule has 0 radical (unpaired) electrons. The van der Waals surface area contributed by atoms with Gasteiger partial charge in [0.15, 0.2) is 0 Å². The van der Waals surface area contributed by atoms with E-state index in [1.807, 2.05) is 32.0 Å². The molecular weight excluding hydrogens is 228 g/mol. The molecule has 0 saturated carbocycles. The predicted octanol–water partition coefficient (Wildman–Crippen LogP) is 2.08. The second kappa shape index (κ2) is 5.00. The first-order valence-electron chi connectivity index (χ1n) is 5.83. The summed E-state index contributed by atoms with van der Waals surface area (Å²) < 4.78 is 1.66. The van der Waals surface area contributed by atoms with Gasteiger partial charge in [0, 0.05) is 37.0 Å². The normalized spacial score (nSPS) is 10.7. The molecule has 5 nitrogen and oxygen atoms in total. The van der Waals surface area contributed by atoms with E-state index < -0.39 is 0 Å². The second-order valence-corrected chi connectivity index (χ2v) is 4.42. The first-order valence-corrected chi connectivity index (χ1v) is 5.83. The molecule has 0 aliphatic carbocycles. The first kappa shape index (κ1) is 12.3. The van der Waals surface area contributed by atoms with Crippen molar-refractivity contribution in [3.05, 3.63) is 30.6 Å². The van der Waals surface area contributed by atoms with Gasteiger partial charge in [-0.3, -0.25) is 14.5 Å². The van der Waals surface area contributed by atoms with Gasteiger partial charge in [-0.05, 0) is 12.1 Å². The average Bonchev–Trinajstić information content (AvgIpc) is 2.72. The fourth-order valence-electron chi connectivity index (χ4n) is 1.52. The molecule has 0 spiro atoms. The fourth-order valence-corrected chi connectivity index (χ4v) is 1.52. The Hall–Kier alpha value is -2.17. The molecule has 0 aliphatic rings. The molecule has 0 aromatic carbocycles. The number of hydrogen-bond donors (Lipinski definition) is 1. The molecule has 0 fully saturated rings. The van der Waals surface area contributed by atoms with Crippen molar-refractivity contribution in [1.82, 2.24) is 14.8 Å². The minimum absolute atomic E-state index is 0.0146. The van der Waals surface area contributed by atoms with E-state index >= 15 is 0 Å². The van der Waals surface area contributed by atoms with Crippen molar-refractivity contribution >= 4 is 11.7 Å². The summed E-state index contributed by atoms with van der Waals surface area (Å²) >= 11 is 0. The number of pyridine rings is 1. The van der Waals surface area contributed by atoms with Crippen LogP contribution in [-0.2, 0) is 11.8 Å². The molecule has 1 N–H and O–H groups in total. The zero-order valence-corrected chi connectivity index (χ0v) is 10.7. The molecule has 18 heavy (non-hydrogen) atoms. The molecule has 94 valence electrons. The summed E-state index contributed by atoms with van der Waals surface area (Å²) in [4.78, 5) is 15.6. The number of aryl methyl sites for hydroxylation is 1. The summed E-state index contributed by atoms with van der Waals surface area (Å²) in [6, 6.07) is 5.63. The van der Waals surface area contributed by atoms with Gasteiger partial charge in [0.1, 0.15) is 5.82 Å². The van der Waals surface area contributed by atoms with Crippen molar-refractivity contribution in [2.24, 2.45) is 13.0 Å². The number of hydrogen-bond acceptors (Lipinski definition) is 3. The highest BCUT2D eigenvalue weighted by Gasteiger charge is 2.12. The summed E-state index contributed by atoms with van der Waals surface area (Å²) in [6.07, 6.45) is 3.44. The molecule has 2 heterocycles. The Morgan fingerprint density at radius 3 is 2.61 bits per heavy atom. The van der Waals surface area contributed by atoms with Crippen LogP contribution < -0.4 is 5.32 Å². The van der Waals surface area contributed by atoms with Gasteiger partial charge in [-0.15, -0.1) is 0 Å². The minimum atomic E-state index is -0.0516. The average molecular weight is 244 g/mol. The van der Waals surface area contributed by atoms with Gasteiger partial charge in [0.25, 0.3) is 0 Å². The highest BCUT2D eigenvalue weighted by molar-refractivity contribution is 5.91. The maximum atomic E-state index is 11.6. The Morgan fingerprint density at radius 1 is 1.33 bits per heavy atom. The van der Waals surface area contributed by atoms with Crippen molar-refractivity contribution in [1.29, 1.82) is 0 Å². The monoisotopic (exact) mass is 244 g/mol. The standard InChI is InChI=1S/C13H16N4O/c1-9(2)13(18)15-12-8-11(16-17(12)3)10-4-6-14-7-5-10/h4-9H,1-3H3,(H,15,18). The van der Waals surface area contributed by atoms with Gasteiger partial charge in [0.05, 0.1) is 5.69 Å². The molecule has 0 saturated heterocycles. The fraction of sp³-hybridized carbons (Fsp3) is 0.308. The summed E-state index contributed by atoms with van der Waals surface area (Å²) in [5.41, 5.74) is 1.80. The third kappa shape index (κ3) is 2.56. The van der Waals surface area contributed by atoms with E-state index in [2.05, 4.69) is 15.4 Å². The molecule has 2 rings (SSSR count). The number of nitrogens with one attached hydrogen (secondary N) is 1. The van der Waals surface area contributed by atoms with Crippen LogP contribution in [0.5, 0.6) is 0 Å². The molecule has 5 heteroatoms. The van der Waals surface area contributed by atoms with E-state index in [-0.39, 0.29) is 11.8 Å². The summed E-state index contributed by atoms with van der Waals surface area (Å²) in [7, 11) is 1.81. The van der Waals surface area contributed by atoms with Crippen LogP contribution in [0.15, 0.2) is 30.6 Å². The maximum Gasteiger partial charge on any atom is 0.228 e. The number of rotatable bonds is 3. The van der Waals surface area contributed by atoms with Crippen LogP contribution in [0.1, 0.15) is 13.8 Å². The predicted molar refractivity (Wildman–Crippen MR) is 69.9 cm³/mol. The number of aromatic nitrogens is 3. The molecule has 0 unspecified atom stereocenters. The van der Waals surface area contributed by atoms with Crippen LogP contribution in [0.3, 0.4) is 0 Å². The minimum Gasteiger partial charge on any atom is -0.311 e. The zero-order chi connectivity index (χ0) is 13.1. The van der Waals surface area contributed by atoms with Crippen LogP contribution in [0, 0.1) is 5.92 Å². The van der Waals surface area contributed by atoms with Crippen molar-refractivity contribution in [2.45, 2.75) is 13.8 Å². The molecule has 2 aromatic heterocycles. The maximum absolute atomic E-state index is 11.6. The van der Waals surface area contributed by atoms with Crippen LogP contribution in [0.25, 0.3) is 11.3 Å². The number of anilines is 1. The number of carbonyl (C=O) groups is 1. The van der Waals surface area contributed by atoms with Gasteiger partial charge < -0.3 is 5.32 Å². The Kier molecular flexibility index (Phi) is 3.41. The van der Waals surface area contributed by atoms with Gasteiger partial charge in [-0.2, -0.15) is 5.10 Å². The number of amides is 1. The van der Waals surface area contributed by atoms with Gasteiger partial charge in [-0.25, -0.2) is 0 Å². The lowest BCUT2D eigenvalue weighted by molar-refractivity contribution is -0.118. The lowest BCUT2D eigenvalue weighted by atomic mass is 10.2.